The van der Waals surface area contributed by atoms with E-state index in [2.05, 4.69) is 39.1 Å². The minimum Gasteiger partial charge on any atom is -0.353 e. The Hall–Kier alpha value is -2.03. The zero-order chi connectivity index (χ0) is 18.5. The van der Waals surface area contributed by atoms with Crippen LogP contribution in [0.25, 0.3) is 0 Å². The molecule has 1 aliphatic rings. The van der Waals surface area contributed by atoms with Crippen molar-refractivity contribution in [2.75, 3.05) is 27.2 Å². The number of aromatic nitrogens is 1. The zero-order valence-electron chi connectivity index (χ0n) is 16.2. The number of guanidine groups is 1. The average molecular weight is 481 g/mol. The molecule has 3 rings (SSSR count). The minimum absolute atomic E-state index is 0. The van der Waals surface area contributed by atoms with E-state index in [9.17, 15) is 4.79 Å². The molecule has 0 bridgehead atoms. The first-order chi connectivity index (χ1) is 12.6. The molecule has 0 aliphatic carbocycles. The molecule has 1 aromatic heterocycles. The molecule has 0 fully saturated rings. The van der Waals surface area contributed by atoms with Crippen LogP contribution >= 0.6 is 24.0 Å². The van der Waals surface area contributed by atoms with Gasteiger partial charge in [-0.2, -0.15) is 0 Å². The molecule has 1 N–H and O–H groups in total. The standard InChI is InChI=1S/C20H27N5O.HI/c1-21-20(24(3)15-18-9-6-11-23(18)2)22-13-19(26)25-12-10-16-7-4-5-8-17(16)14-25;/h4-9,11H,10,12-15H2,1-3H3,(H,21,22);1H. The maximum absolute atomic E-state index is 12.6. The molecule has 1 aromatic carbocycles. The fraction of sp³-hybridized carbons (Fsp3) is 0.400. The van der Waals surface area contributed by atoms with E-state index in [0.717, 1.165) is 25.5 Å². The van der Waals surface area contributed by atoms with E-state index < -0.39 is 0 Å². The summed E-state index contributed by atoms with van der Waals surface area (Å²) in [5.41, 5.74) is 3.79. The fourth-order valence-electron chi connectivity index (χ4n) is 3.34. The summed E-state index contributed by atoms with van der Waals surface area (Å²) in [5.74, 6) is 0.824. The van der Waals surface area contributed by atoms with Crippen molar-refractivity contribution in [2.24, 2.45) is 12.0 Å². The number of halogens is 1. The van der Waals surface area contributed by atoms with Gasteiger partial charge in [0.1, 0.15) is 0 Å². The number of rotatable bonds is 4. The van der Waals surface area contributed by atoms with Crippen LogP contribution in [0.1, 0.15) is 16.8 Å². The summed E-state index contributed by atoms with van der Waals surface area (Å²) in [7, 11) is 5.74. The molecule has 0 spiro atoms. The molecule has 6 nitrogen and oxygen atoms in total. The molecule has 27 heavy (non-hydrogen) atoms. The Morgan fingerprint density at radius 3 is 2.63 bits per heavy atom. The van der Waals surface area contributed by atoms with Crippen molar-refractivity contribution in [1.82, 2.24) is 19.7 Å². The van der Waals surface area contributed by atoms with Gasteiger partial charge in [0.05, 0.1) is 13.1 Å². The van der Waals surface area contributed by atoms with Gasteiger partial charge in [0.25, 0.3) is 0 Å². The summed E-state index contributed by atoms with van der Waals surface area (Å²) in [5, 5.41) is 3.20. The number of amides is 1. The van der Waals surface area contributed by atoms with Crippen molar-refractivity contribution in [2.45, 2.75) is 19.5 Å². The van der Waals surface area contributed by atoms with Gasteiger partial charge in [0.15, 0.2) is 5.96 Å². The van der Waals surface area contributed by atoms with Gasteiger partial charge in [-0.1, -0.05) is 24.3 Å². The van der Waals surface area contributed by atoms with E-state index in [-0.39, 0.29) is 36.4 Å². The Balaban J connectivity index is 0.00000261. The third-order valence-electron chi connectivity index (χ3n) is 4.90. The van der Waals surface area contributed by atoms with Crippen molar-refractivity contribution < 1.29 is 4.79 Å². The number of carbonyl (C=O) groups excluding carboxylic acids is 1. The van der Waals surface area contributed by atoms with Crippen LogP contribution in [0.4, 0.5) is 0 Å². The molecule has 0 radical (unpaired) electrons. The molecule has 7 heteroatoms. The highest BCUT2D eigenvalue weighted by molar-refractivity contribution is 14.0. The van der Waals surface area contributed by atoms with Crippen molar-refractivity contribution in [1.29, 1.82) is 0 Å². The third-order valence-corrected chi connectivity index (χ3v) is 4.90. The number of nitrogens with one attached hydrogen (secondary N) is 1. The van der Waals surface area contributed by atoms with Crippen LogP contribution < -0.4 is 5.32 Å². The Morgan fingerprint density at radius 1 is 1.22 bits per heavy atom. The smallest absolute Gasteiger partial charge is 0.242 e. The Kier molecular flexibility index (Phi) is 7.70. The van der Waals surface area contributed by atoms with Crippen molar-refractivity contribution >= 4 is 35.8 Å². The number of hydrogen-bond donors (Lipinski definition) is 1. The molecular formula is C20H28IN5O. The molecular weight excluding hydrogens is 453 g/mol. The lowest BCUT2D eigenvalue weighted by atomic mass is 10.00. The largest absolute Gasteiger partial charge is 0.353 e. The van der Waals surface area contributed by atoms with Gasteiger partial charge >= 0.3 is 0 Å². The lowest BCUT2D eigenvalue weighted by Crippen LogP contribution is -2.46. The SMILES string of the molecule is CN=C(NCC(=O)N1CCc2ccccc2C1)N(C)Cc1cccn1C.I. The second-order valence-corrected chi connectivity index (χ2v) is 6.70. The van der Waals surface area contributed by atoms with Gasteiger partial charge in [-0.25, -0.2) is 0 Å². The summed E-state index contributed by atoms with van der Waals surface area (Å²) in [6.45, 7) is 2.45. The Bertz CT molecular complexity index is 801. The Morgan fingerprint density at radius 2 is 1.96 bits per heavy atom. The highest BCUT2D eigenvalue weighted by atomic mass is 127. The summed E-state index contributed by atoms with van der Waals surface area (Å²) in [6.07, 6.45) is 2.95. The van der Waals surface area contributed by atoms with Gasteiger partial charge in [0, 0.05) is 46.1 Å². The summed E-state index contributed by atoms with van der Waals surface area (Å²) in [6, 6.07) is 12.5. The topological polar surface area (TPSA) is 52.9 Å². The van der Waals surface area contributed by atoms with E-state index in [1.165, 1.54) is 16.8 Å². The van der Waals surface area contributed by atoms with E-state index >= 15 is 0 Å². The first-order valence-electron chi connectivity index (χ1n) is 8.95. The second kappa shape index (κ2) is 9.77. The number of hydrogen-bond acceptors (Lipinski definition) is 2. The highest BCUT2D eigenvalue weighted by Gasteiger charge is 2.20. The maximum Gasteiger partial charge on any atom is 0.242 e. The molecule has 0 saturated heterocycles. The van der Waals surface area contributed by atoms with Gasteiger partial charge in [-0.3, -0.25) is 9.79 Å². The molecule has 0 unspecified atom stereocenters. The van der Waals surface area contributed by atoms with Crippen LogP contribution in [0.15, 0.2) is 47.6 Å². The predicted molar refractivity (Wildman–Crippen MR) is 119 cm³/mol. The van der Waals surface area contributed by atoms with Crippen molar-refractivity contribution in [3.05, 3.63) is 59.4 Å². The van der Waals surface area contributed by atoms with E-state index in [1.54, 1.807) is 7.05 Å². The second-order valence-electron chi connectivity index (χ2n) is 6.70. The lowest BCUT2D eigenvalue weighted by Gasteiger charge is -2.29. The van der Waals surface area contributed by atoms with Crippen LogP contribution in [0.5, 0.6) is 0 Å². The molecule has 0 atom stereocenters. The molecule has 146 valence electrons. The molecule has 2 heterocycles. The van der Waals surface area contributed by atoms with Crippen LogP contribution in [-0.2, 0) is 31.4 Å². The monoisotopic (exact) mass is 481 g/mol. The summed E-state index contributed by atoms with van der Waals surface area (Å²) in [4.78, 5) is 20.8. The number of benzene rings is 1. The maximum atomic E-state index is 12.6. The van der Waals surface area contributed by atoms with Crippen LogP contribution in [-0.4, -0.2) is 53.4 Å². The van der Waals surface area contributed by atoms with Gasteiger partial charge < -0.3 is 19.7 Å². The fourth-order valence-corrected chi connectivity index (χ4v) is 3.34. The van der Waals surface area contributed by atoms with Crippen molar-refractivity contribution in [3.8, 4) is 0 Å². The number of nitrogens with zero attached hydrogens (tertiary/aromatic N) is 4. The average Bonchev–Trinajstić information content (AvgIpc) is 3.06. The number of carbonyl (C=O) groups is 1. The van der Waals surface area contributed by atoms with Crippen molar-refractivity contribution in [3.63, 3.8) is 0 Å². The van der Waals surface area contributed by atoms with E-state index in [4.69, 9.17) is 0 Å². The van der Waals surface area contributed by atoms with Crippen LogP contribution in [0, 0.1) is 0 Å². The number of aliphatic imine (C=N–C) groups is 1. The first-order valence-corrected chi connectivity index (χ1v) is 8.95. The minimum atomic E-state index is 0. The van der Waals surface area contributed by atoms with E-state index in [0.29, 0.717) is 6.54 Å². The van der Waals surface area contributed by atoms with Crippen LogP contribution in [0.2, 0.25) is 0 Å². The quantitative estimate of drug-likeness (QED) is 0.414. The number of fused-ring (bicyclic) bond motifs is 1. The summed E-state index contributed by atoms with van der Waals surface area (Å²) >= 11 is 0. The molecule has 0 saturated carbocycles. The zero-order valence-corrected chi connectivity index (χ0v) is 18.5. The Labute approximate surface area is 178 Å². The van der Waals surface area contributed by atoms with Crippen LogP contribution in [0.3, 0.4) is 0 Å². The predicted octanol–water partition coefficient (Wildman–Crippen LogP) is 2.24. The number of aryl methyl sites for hydroxylation is 1. The lowest BCUT2D eigenvalue weighted by molar-refractivity contribution is -0.130. The molecule has 2 aromatic rings. The van der Waals surface area contributed by atoms with Gasteiger partial charge in [0.2, 0.25) is 5.91 Å². The first kappa shape index (κ1) is 21.3. The highest BCUT2D eigenvalue weighted by Crippen LogP contribution is 2.18. The third kappa shape index (κ3) is 5.24. The van der Waals surface area contributed by atoms with Gasteiger partial charge in [-0.15, -0.1) is 24.0 Å². The molecule has 1 aliphatic heterocycles. The van der Waals surface area contributed by atoms with E-state index in [1.807, 2.05) is 42.2 Å². The van der Waals surface area contributed by atoms with Gasteiger partial charge in [-0.05, 0) is 29.7 Å². The molecule has 1 amide bonds. The normalized spacial score (nSPS) is 13.6. The summed E-state index contributed by atoms with van der Waals surface area (Å²) < 4.78 is 2.08.